The number of ether oxygens (including phenoxy) is 1. The maximum Gasteiger partial charge on any atom is 0.146 e. The Hall–Kier alpha value is -1.17. The van der Waals surface area contributed by atoms with E-state index in [1.165, 1.54) is 6.07 Å². The molecule has 0 radical (unpaired) electrons. The third-order valence-corrected chi connectivity index (χ3v) is 3.18. The van der Waals surface area contributed by atoms with Crippen molar-refractivity contribution < 1.29 is 14.2 Å². The van der Waals surface area contributed by atoms with E-state index in [1.54, 1.807) is 18.1 Å². The van der Waals surface area contributed by atoms with Crippen LogP contribution in [0.15, 0.2) is 18.2 Å². The van der Waals surface area contributed by atoms with Gasteiger partial charge < -0.3 is 20.1 Å². The van der Waals surface area contributed by atoms with Gasteiger partial charge in [-0.3, -0.25) is 0 Å². The Morgan fingerprint density at radius 3 is 2.68 bits per heavy atom. The number of aliphatic hydroxyl groups is 1. The van der Waals surface area contributed by atoms with Gasteiger partial charge in [-0.15, -0.1) is 0 Å². The molecule has 0 amide bonds. The Morgan fingerprint density at radius 1 is 1.42 bits per heavy atom. The van der Waals surface area contributed by atoms with Crippen molar-refractivity contribution in [1.29, 1.82) is 0 Å². The summed E-state index contributed by atoms with van der Waals surface area (Å²) >= 11 is 0. The lowest BCUT2D eigenvalue weighted by atomic mass is 10.1. The van der Waals surface area contributed by atoms with Crippen molar-refractivity contribution in [3.8, 4) is 0 Å². The van der Waals surface area contributed by atoms with Crippen LogP contribution in [-0.2, 0) is 4.74 Å². The van der Waals surface area contributed by atoms with E-state index in [4.69, 9.17) is 9.84 Å². The van der Waals surface area contributed by atoms with E-state index in [0.29, 0.717) is 25.4 Å². The number of nitrogens with one attached hydrogen (secondary N) is 1. The summed E-state index contributed by atoms with van der Waals surface area (Å²) in [4.78, 5) is 1.78. The highest BCUT2D eigenvalue weighted by Crippen LogP contribution is 2.23. The van der Waals surface area contributed by atoms with Crippen LogP contribution in [-0.4, -0.2) is 45.6 Å². The fraction of sp³-hybridized carbons (Fsp3) is 0.571. The molecule has 19 heavy (non-hydrogen) atoms. The van der Waals surface area contributed by atoms with E-state index < -0.39 is 0 Å². The molecule has 5 heteroatoms. The predicted octanol–water partition coefficient (Wildman–Crippen LogP) is 1.55. The molecule has 1 unspecified atom stereocenters. The van der Waals surface area contributed by atoms with Crippen molar-refractivity contribution in [1.82, 2.24) is 5.32 Å². The number of hydrogen-bond acceptors (Lipinski definition) is 4. The second-order valence-electron chi connectivity index (χ2n) is 4.42. The maximum atomic E-state index is 14.2. The summed E-state index contributed by atoms with van der Waals surface area (Å²) in [6.45, 7) is 3.40. The molecule has 1 aromatic rings. The van der Waals surface area contributed by atoms with Crippen molar-refractivity contribution in [3.05, 3.63) is 29.6 Å². The molecule has 0 aliphatic heterocycles. The number of hydrogen-bond donors (Lipinski definition) is 2. The van der Waals surface area contributed by atoms with Crippen LogP contribution in [0.4, 0.5) is 10.1 Å². The molecular formula is C14H23FN2O2. The van der Waals surface area contributed by atoms with Gasteiger partial charge in [-0.2, -0.15) is 0 Å². The molecule has 108 valence electrons. The fourth-order valence-electron chi connectivity index (χ4n) is 1.89. The average Bonchev–Trinajstić information content (AvgIpc) is 2.42. The summed E-state index contributed by atoms with van der Waals surface area (Å²) < 4.78 is 19.2. The van der Waals surface area contributed by atoms with Gasteiger partial charge in [0.1, 0.15) is 5.82 Å². The summed E-state index contributed by atoms with van der Waals surface area (Å²) in [5.74, 6) is -0.274. The molecular weight excluding hydrogens is 247 g/mol. The first-order valence-electron chi connectivity index (χ1n) is 6.45. The Morgan fingerprint density at radius 2 is 2.16 bits per heavy atom. The Balaban J connectivity index is 2.90. The van der Waals surface area contributed by atoms with Crippen LogP contribution < -0.4 is 10.2 Å². The first-order chi connectivity index (χ1) is 9.13. The number of rotatable bonds is 8. The molecule has 0 bridgehead atoms. The van der Waals surface area contributed by atoms with Crippen LogP contribution >= 0.6 is 0 Å². The second kappa shape index (κ2) is 8.09. The van der Waals surface area contributed by atoms with Gasteiger partial charge in [-0.25, -0.2) is 4.39 Å². The minimum absolute atomic E-state index is 0.0160. The normalized spacial score (nSPS) is 12.5. The number of benzene rings is 1. The highest BCUT2D eigenvalue weighted by molar-refractivity contribution is 5.49. The van der Waals surface area contributed by atoms with Gasteiger partial charge in [0.15, 0.2) is 0 Å². The highest BCUT2D eigenvalue weighted by Gasteiger charge is 2.13. The largest absolute Gasteiger partial charge is 0.395 e. The molecule has 0 aliphatic carbocycles. The van der Waals surface area contributed by atoms with Crippen molar-refractivity contribution in [2.75, 3.05) is 45.4 Å². The minimum atomic E-state index is -0.274. The molecule has 0 saturated carbocycles. The van der Waals surface area contributed by atoms with Crippen molar-refractivity contribution >= 4 is 5.69 Å². The van der Waals surface area contributed by atoms with E-state index in [9.17, 15) is 4.39 Å². The van der Waals surface area contributed by atoms with E-state index in [1.807, 2.05) is 20.0 Å². The van der Waals surface area contributed by atoms with Gasteiger partial charge in [0.25, 0.3) is 0 Å². The summed E-state index contributed by atoms with van der Waals surface area (Å²) in [6, 6.07) is 5.29. The van der Waals surface area contributed by atoms with Crippen molar-refractivity contribution in [2.45, 2.75) is 13.0 Å². The summed E-state index contributed by atoms with van der Waals surface area (Å²) in [5, 5.41) is 12.1. The number of nitrogens with zero attached hydrogens (tertiary/aromatic N) is 1. The molecule has 0 heterocycles. The molecule has 2 N–H and O–H groups in total. The monoisotopic (exact) mass is 270 g/mol. The molecule has 1 rings (SSSR count). The molecule has 1 aromatic carbocycles. The van der Waals surface area contributed by atoms with Gasteiger partial charge >= 0.3 is 0 Å². The van der Waals surface area contributed by atoms with Crippen LogP contribution in [0.2, 0.25) is 0 Å². The van der Waals surface area contributed by atoms with Gasteiger partial charge in [0.05, 0.1) is 18.9 Å². The lowest BCUT2D eigenvalue weighted by Gasteiger charge is -2.24. The van der Waals surface area contributed by atoms with E-state index in [2.05, 4.69) is 5.32 Å². The lowest BCUT2D eigenvalue weighted by molar-refractivity contribution is 0.202. The quantitative estimate of drug-likeness (QED) is 0.752. The summed E-state index contributed by atoms with van der Waals surface area (Å²) in [7, 11) is 3.44. The number of anilines is 1. The topological polar surface area (TPSA) is 44.7 Å². The fourth-order valence-corrected chi connectivity index (χ4v) is 1.89. The SMILES string of the molecule is CNC(C)c1ccc(N(CCO)CCOC)c(F)c1. The van der Waals surface area contributed by atoms with Crippen LogP contribution in [0, 0.1) is 5.82 Å². The summed E-state index contributed by atoms with van der Waals surface area (Å²) in [6.07, 6.45) is 0. The molecule has 0 aromatic heterocycles. The van der Waals surface area contributed by atoms with Crippen molar-refractivity contribution in [3.63, 3.8) is 0 Å². The van der Waals surface area contributed by atoms with Crippen LogP contribution in [0.1, 0.15) is 18.5 Å². The molecule has 4 nitrogen and oxygen atoms in total. The first-order valence-corrected chi connectivity index (χ1v) is 6.45. The number of aliphatic hydroxyl groups excluding tert-OH is 1. The third kappa shape index (κ3) is 4.45. The predicted molar refractivity (Wildman–Crippen MR) is 75.0 cm³/mol. The van der Waals surface area contributed by atoms with Crippen LogP contribution in [0.25, 0.3) is 0 Å². The van der Waals surface area contributed by atoms with E-state index in [-0.39, 0.29) is 18.5 Å². The van der Waals surface area contributed by atoms with E-state index in [0.717, 1.165) is 5.56 Å². The summed E-state index contributed by atoms with van der Waals surface area (Å²) in [5.41, 5.74) is 1.40. The van der Waals surface area contributed by atoms with Gasteiger partial charge in [0.2, 0.25) is 0 Å². The minimum Gasteiger partial charge on any atom is -0.395 e. The second-order valence-corrected chi connectivity index (χ2v) is 4.42. The first kappa shape index (κ1) is 15.9. The standard InChI is InChI=1S/C14H23FN2O2/c1-11(16-2)12-4-5-14(13(15)10-12)17(6-8-18)7-9-19-3/h4-5,10-11,16,18H,6-9H2,1-3H3. The lowest BCUT2D eigenvalue weighted by Crippen LogP contribution is -2.31. The maximum absolute atomic E-state index is 14.2. The van der Waals surface area contributed by atoms with Crippen molar-refractivity contribution in [2.24, 2.45) is 0 Å². The zero-order chi connectivity index (χ0) is 14.3. The number of methoxy groups -OCH3 is 1. The van der Waals surface area contributed by atoms with Gasteiger partial charge in [0, 0.05) is 26.2 Å². The Bertz CT molecular complexity index is 388. The van der Waals surface area contributed by atoms with Gasteiger partial charge in [-0.1, -0.05) is 6.07 Å². The molecule has 0 saturated heterocycles. The zero-order valence-corrected chi connectivity index (χ0v) is 11.8. The Kier molecular flexibility index (Phi) is 6.77. The highest BCUT2D eigenvalue weighted by atomic mass is 19.1. The number of halogens is 1. The average molecular weight is 270 g/mol. The van der Waals surface area contributed by atoms with Gasteiger partial charge in [-0.05, 0) is 31.7 Å². The molecule has 1 atom stereocenters. The smallest absolute Gasteiger partial charge is 0.146 e. The molecule has 0 fully saturated rings. The third-order valence-electron chi connectivity index (χ3n) is 3.18. The Labute approximate surface area is 114 Å². The van der Waals surface area contributed by atoms with E-state index >= 15 is 0 Å². The van der Waals surface area contributed by atoms with Crippen LogP contribution in [0.3, 0.4) is 0 Å². The molecule has 0 aliphatic rings. The zero-order valence-electron chi connectivity index (χ0n) is 11.8. The van der Waals surface area contributed by atoms with Crippen LogP contribution in [0.5, 0.6) is 0 Å². The molecule has 0 spiro atoms.